The number of rotatable bonds is 7. The minimum atomic E-state index is -3.73. The maximum absolute atomic E-state index is 12.3. The summed E-state index contributed by atoms with van der Waals surface area (Å²) in [5.74, 6) is -0.691. The normalized spacial score (nSPS) is 13.8. The van der Waals surface area contributed by atoms with Gasteiger partial charge in [0.15, 0.2) is 0 Å². The minimum absolute atomic E-state index is 0.0206. The standard InChI is InChI=1S/C19H20N2O5S/c1-13(2)26-15-9-7-14(8-10-15)20-27(24,25)12-11-21-18(22)16-5-3-4-6-17(16)19(21)23/h3-10,13,20H,11-12H2,1-2H3. The fraction of sp³-hybridized carbons (Fsp3) is 0.263. The fourth-order valence-corrected chi connectivity index (χ4v) is 3.78. The van der Waals surface area contributed by atoms with Crippen LogP contribution < -0.4 is 9.46 Å². The molecule has 0 aromatic heterocycles. The summed E-state index contributed by atoms with van der Waals surface area (Å²) in [6.45, 7) is 3.59. The Morgan fingerprint density at radius 1 is 0.963 bits per heavy atom. The zero-order valence-electron chi connectivity index (χ0n) is 15.0. The summed E-state index contributed by atoms with van der Waals surface area (Å²) >= 11 is 0. The first-order valence-corrected chi connectivity index (χ1v) is 10.1. The zero-order valence-corrected chi connectivity index (χ0v) is 15.8. The molecule has 27 heavy (non-hydrogen) atoms. The summed E-state index contributed by atoms with van der Waals surface area (Å²) in [5.41, 5.74) is 0.982. The second-order valence-electron chi connectivity index (χ2n) is 6.42. The van der Waals surface area contributed by atoms with Gasteiger partial charge in [0.2, 0.25) is 10.0 Å². The first-order valence-electron chi connectivity index (χ1n) is 8.49. The number of hydrogen-bond acceptors (Lipinski definition) is 5. The van der Waals surface area contributed by atoms with Crippen molar-refractivity contribution in [2.24, 2.45) is 0 Å². The van der Waals surface area contributed by atoms with Crippen LogP contribution in [0.5, 0.6) is 5.75 Å². The fourth-order valence-electron chi connectivity index (χ4n) is 2.76. The Balaban J connectivity index is 1.62. The van der Waals surface area contributed by atoms with Crippen LogP contribution in [0.4, 0.5) is 5.69 Å². The number of ether oxygens (including phenoxy) is 1. The Kier molecular flexibility index (Phi) is 5.18. The molecular weight excluding hydrogens is 368 g/mol. The van der Waals surface area contributed by atoms with Crippen molar-refractivity contribution in [3.05, 3.63) is 59.7 Å². The van der Waals surface area contributed by atoms with Gasteiger partial charge in [-0.05, 0) is 50.2 Å². The SMILES string of the molecule is CC(C)Oc1ccc(NS(=O)(=O)CCN2C(=O)c3ccccc3C2=O)cc1. The van der Waals surface area contributed by atoms with Crippen molar-refractivity contribution in [1.82, 2.24) is 4.90 Å². The number of sulfonamides is 1. The Hall–Kier alpha value is -2.87. The highest BCUT2D eigenvalue weighted by Crippen LogP contribution is 2.22. The molecule has 7 nitrogen and oxygen atoms in total. The highest BCUT2D eigenvalue weighted by atomic mass is 32.2. The average molecular weight is 388 g/mol. The van der Waals surface area contributed by atoms with Crippen LogP contribution in [0.15, 0.2) is 48.5 Å². The van der Waals surface area contributed by atoms with E-state index in [-0.39, 0.29) is 18.4 Å². The molecule has 0 spiro atoms. The van der Waals surface area contributed by atoms with E-state index < -0.39 is 21.8 Å². The lowest BCUT2D eigenvalue weighted by molar-refractivity contribution is 0.0664. The van der Waals surface area contributed by atoms with Gasteiger partial charge in [0.1, 0.15) is 5.75 Å². The largest absolute Gasteiger partial charge is 0.491 e. The Morgan fingerprint density at radius 3 is 2.04 bits per heavy atom. The molecule has 0 fully saturated rings. The molecule has 0 radical (unpaired) electrons. The molecule has 1 N–H and O–H groups in total. The molecule has 3 rings (SSSR count). The molecule has 1 aliphatic rings. The first kappa shape index (κ1) is 18.9. The third kappa shape index (κ3) is 4.28. The summed E-state index contributed by atoms with van der Waals surface area (Å²) in [5, 5.41) is 0. The summed E-state index contributed by atoms with van der Waals surface area (Å²) in [4.78, 5) is 25.5. The van der Waals surface area contributed by atoms with E-state index in [9.17, 15) is 18.0 Å². The minimum Gasteiger partial charge on any atom is -0.491 e. The maximum atomic E-state index is 12.3. The van der Waals surface area contributed by atoms with Crippen LogP contribution in [0.25, 0.3) is 0 Å². The quantitative estimate of drug-likeness (QED) is 0.736. The molecule has 142 valence electrons. The predicted octanol–water partition coefficient (Wildman–Crippen LogP) is 2.51. The third-order valence-corrected chi connectivity index (χ3v) is 5.23. The monoisotopic (exact) mass is 388 g/mol. The molecule has 2 amide bonds. The lowest BCUT2D eigenvalue weighted by Gasteiger charge is -2.15. The molecule has 8 heteroatoms. The topological polar surface area (TPSA) is 92.8 Å². The number of hydrogen-bond donors (Lipinski definition) is 1. The van der Waals surface area contributed by atoms with Crippen molar-refractivity contribution < 1.29 is 22.7 Å². The zero-order chi connectivity index (χ0) is 19.6. The van der Waals surface area contributed by atoms with Gasteiger partial charge in [-0.1, -0.05) is 12.1 Å². The van der Waals surface area contributed by atoms with Crippen LogP contribution in [0.3, 0.4) is 0 Å². The number of carbonyl (C=O) groups is 2. The molecule has 1 heterocycles. The second-order valence-corrected chi connectivity index (χ2v) is 8.26. The van der Waals surface area contributed by atoms with E-state index in [1.165, 1.54) is 0 Å². The second kappa shape index (κ2) is 7.40. The molecular formula is C19H20N2O5S. The molecule has 0 atom stereocenters. The van der Waals surface area contributed by atoms with Crippen molar-refractivity contribution in [2.45, 2.75) is 20.0 Å². The van der Waals surface area contributed by atoms with Crippen LogP contribution in [0, 0.1) is 0 Å². The van der Waals surface area contributed by atoms with Crippen molar-refractivity contribution in [3.8, 4) is 5.75 Å². The molecule has 0 saturated heterocycles. The molecule has 0 aliphatic carbocycles. The molecule has 0 unspecified atom stereocenters. The van der Waals surface area contributed by atoms with E-state index in [1.54, 1.807) is 48.5 Å². The number of benzene rings is 2. The van der Waals surface area contributed by atoms with Crippen LogP contribution in [-0.4, -0.2) is 43.5 Å². The van der Waals surface area contributed by atoms with Crippen molar-refractivity contribution in [3.63, 3.8) is 0 Å². The Labute approximate surface area is 158 Å². The first-order chi connectivity index (χ1) is 12.8. The van der Waals surface area contributed by atoms with Gasteiger partial charge in [-0.25, -0.2) is 8.42 Å². The van der Waals surface area contributed by atoms with E-state index in [0.29, 0.717) is 22.6 Å². The molecule has 2 aromatic carbocycles. The van der Waals surface area contributed by atoms with E-state index in [4.69, 9.17) is 4.74 Å². The predicted molar refractivity (Wildman–Crippen MR) is 101 cm³/mol. The molecule has 0 bridgehead atoms. The lowest BCUT2D eigenvalue weighted by atomic mass is 10.1. The molecule has 1 aliphatic heterocycles. The summed E-state index contributed by atoms with van der Waals surface area (Å²) < 4.78 is 32.6. The van der Waals surface area contributed by atoms with Gasteiger partial charge in [0.25, 0.3) is 11.8 Å². The summed E-state index contributed by atoms with van der Waals surface area (Å²) in [6, 6.07) is 13.0. The van der Waals surface area contributed by atoms with Gasteiger partial charge in [0, 0.05) is 12.2 Å². The number of nitrogens with one attached hydrogen (secondary N) is 1. The smallest absolute Gasteiger partial charge is 0.261 e. The number of fused-ring (bicyclic) bond motifs is 1. The van der Waals surface area contributed by atoms with Gasteiger partial charge in [-0.15, -0.1) is 0 Å². The van der Waals surface area contributed by atoms with Gasteiger partial charge < -0.3 is 4.74 Å². The highest BCUT2D eigenvalue weighted by Gasteiger charge is 2.35. The van der Waals surface area contributed by atoms with Crippen molar-refractivity contribution >= 4 is 27.5 Å². The highest BCUT2D eigenvalue weighted by molar-refractivity contribution is 7.92. The van der Waals surface area contributed by atoms with Crippen LogP contribution >= 0.6 is 0 Å². The van der Waals surface area contributed by atoms with Gasteiger partial charge >= 0.3 is 0 Å². The summed E-state index contributed by atoms with van der Waals surface area (Å²) in [6.07, 6.45) is 0.0206. The van der Waals surface area contributed by atoms with Gasteiger partial charge in [0.05, 0.1) is 23.0 Å². The van der Waals surface area contributed by atoms with E-state index >= 15 is 0 Å². The van der Waals surface area contributed by atoms with Crippen molar-refractivity contribution in [2.75, 3.05) is 17.0 Å². The van der Waals surface area contributed by atoms with Crippen LogP contribution in [-0.2, 0) is 10.0 Å². The van der Waals surface area contributed by atoms with Gasteiger partial charge in [-0.3, -0.25) is 19.2 Å². The number of imide groups is 1. The third-order valence-electron chi connectivity index (χ3n) is 3.96. The lowest BCUT2D eigenvalue weighted by Crippen LogP contribution is -2.35. The number of anilines is 1. The summed E-state index contributed by atoms with van der Waals surface area (Å²) in [7, 11) is -3.73. The van der Waals surface area contributed by atoms with Crippen molar-refractivity contribution in [1.29, 1.82) is 0 Å². The van der Waals surface area contributed by atoms with E-state index in [0.717, 1.165) is 4.90 Å². The molecule has 2 aromatic rings. The number of nitrogens with zero attached hydrogens (tertiary/aromatic N) is 1. The maximum Gasteiger partial charge on any atom is 0.261 e. The molecule has 0 saturated carbocycles. The number of carbonyl (C=O) groups excluding carboxylic acids is 2. The van der Waals surface area contributed by atoms with Crippen LogP contribution in [0.2, 0.25) is 0 Å². The van der Waals surface area contributed by atoms with E-state index in [2.05, 4.69) is 4.72 Å². The van der Waals surface area contributed by atoms with Crippen LogP contribution in [0.1, 0.15) is 34.6 Å². The van der Waals surface area contributed by atoms with Gasteiger partial charge in [-0.2, -0.15) is 0 Å². The van der Waals surface area contributed by atoms with E-state index in [1.807, 2.05) is 13.8 Å². The number of amides is 2. The Morgan fingerprint density at radius 2 is 1.52 bits per heavy atom. The Bertz CT molecular complexity index is 933. The average Bonchev–Trinajstić information content (AvgIpc) is 2.86.